The van der Waals surface area contributed by atoms with Crippen molar-refractivity contribution in [2.45, 2.75) is 18.2 Å². The summed E-state index contributed by atoms with van der Waals surface area (Å²) in [4.78, 5) is 23.2. The lowest BCUT2D eigenvalue weighted by Gasteiger charge is -2.12. The fourth-order valence-electron chi connectivity index (χ4n) is 2.11. The van der Waals surface area contributed by atoms with Gasteiger partial charge >= 0.3 is 0 Å². The Morgan fingerprint density at radius 1 is 1.38 bits per heavy atom. The molecule has 1 fully saturated rings. The van der Waals surface area contributed by atoms with E-state index in [1.807, 2.05) is 0 Å². The smallest absolute Gasteiger partial charge is 0.240 e. The molecule has 2 amide bonds. The molecule has 0 radical (unpaired) electrons. The van der Waals surface area contributed by atoms with Gasteiger partial charge in [-0.3, -0.25) is 9.59 Å². The first-order valence-corrected chi connectivity index (χ1v) is 7.93. The van der Waals surface area contributed by atoms with Gasteiger partial charge in [0.1, 0.15) is 0 Å². The van der Waals surface area contributed by atoms with Crippen LogP contribution in [0.3, 0.4) is 0 Å². The highest BCUT2D eigenvalue weighted by molar-refractivity contribution is 7.89. The largest absolute Gasteiger partial charge is 0.355 e. The second-order valence-electron chi connectivity index (χ2n) is 4.88. The summed E-state index contributed by atoms with van der Waals surface area (Å²) in [6, 6.07) is 4.66. The molecule has 0 spiro atoms. The van der Waals surface area contributed by atoms with Crippen molar-refractivity contribution >= 4 is 27.5 Å². The van der Waals surface area contributed by atoms with Crippen LogP contribution in [0.25, 0.3) is 0 Å². The van der Waals surface area contributed by atoms with E-state index >= 15 is 0 Å². The predicted molar refractivity (Wildman–Crippen MR) is 77.2 cm³/mol. The summed E-state index contributed by atoms with van der Waals surface area (Å²) in [5.41, 5.74) is 0.971. The molecule has 1 aromatic carbocycles. The summed E-state index contributed by atoms with van der Waals surface area (Å²) in [7, 11) is -2.25. The van der Waals surface area contributed by atoms with E-state index in [1.165, 1.54) is 13.1 Å². The number of carbonyl (C=O) groups is 2. The fourth-order valence-corrected chi connectivity index (χ4v) is 3.11. The highest BCUT2D eigenvalue weighted by Crippen LogP contribution is 2.21. The summed E-state index contributed by atoms with van der Waals surface area (Å²) < 4.78 is 26.0. The van der Waals surface area contributed by atoms with Crippen molar-refractivity contribution in [3.8, 4) is 0 Å². The molecule has 3 N–H and O–H groups in total. The van der Waals surface area contributed by atoms with Crippen molar-refractivity contribution in [3.63, 3.8) is 0 Å². The number of rotatable bonds is 4. The maximum atomic E-state index is 12.0. The van der Waals surface area contributed by atoms with Crippen LogP contribution in [0.4, 0.5) is 5.69 Å². The van der Waals surface area contributed by atoms with Gasteiger partial charge in [0.15, 0.2) is 0 Å². The summed E-state index contributed by atoms with van der Waals surface area (Å²) >= 11 is 0. The van der Waals surface area contributed by atoms with Crippen molar-refractivity contribution in [1.82, 2.24) is 10.0 Å². The van der Waals surface area contributed by atoms with Gasteiger partial charge in [0.25, 0.3) is 0 Å². The molecule has 1 aliphatic rings. The first-order valence-electron chi connectivity index (χ1n) is 6.45. The average molecular weight is 311 g/mol. The van der Waals surface area contributed by atoms with Crippen LogP contribution in [0.2, 0.25) is 0 Å². The number of nitrogens with one attached hydrogen (secondary N) is 3. The molecule has 21 heavy (non-hydrogen) atoms. The van der Waals surface area contributed by atoms with E-state index in [0.29, 0.717) is 17.8 Å². The Morgan fingerprint density at radius 2 is 2.10 bits per heavy atom. The Hall–Kier alpha value is -1.93. The van der Waals surface area contributed by atoms with Crippen molar-refractivity contribution in [2.75, 3.05) is 18.9 Å². The number of anilines is 1. The highest BCUT2D eigenvalue weighted by Gasteiger charge is 2.28. The van der Waals surface area contributed by atoms with E-state index in [4.69, 9.17) is 0 Å². The van der Waals surface area contributed by atoms with E-state index in [0.717, 1.165) is 0 Å². The Bertz CT molecular complexity index is 685. The predicted octanol–water partition coefficient (Wildman–Crippen LogP) is -0.0223. The van der Waals surface area contributed by atoms with E-state index in [2.05, 4.69) is 15.4 Å². The molecular formula is C13H17N3O4S. The molecule has 114 valence electrons. The molecule has 8 heteroatoms. The van der Waals surface area contributed by atoms with Gasteiger partial charge in [-0.2, -0.15) is 0 Å². The third-order valence-electron chi connectivity index (χ3n) is 3.36. The van der Waals surface area contributed by atoms with Gasteiger partial charge in [0.05, 0.1) is 10.8 Å². The SMILES string of the molecule is CNS(=O)(=O)c1cc(NC(=O)C2CNC(=O)C2)ccc1C. The molecule has 1 aromatic rings. The molecule has 1 saturated heterocycles. The number of carbonyl (C=O) groups excluding carboxylic acids is 2. The minimum atomic E-state index is -3.58. The number of hydrogen-bond donors (Lipinski definition) is 3. The highest BCUT2D eigenvalue weighted by atomic mass is 32.2. The first-order chi connectivity index (χ1) is 9.83. The number of amides is 2. The molecule has 0 aromatic heterocycles. The quantitative estimate of drug-likeness (QED) is 0.726. The van der Waals surface area contributed by atoms with E-state index in [-0.39, 0.29) is 23.1 Å². The number of hydrogen-bond acceptors (Lipinski definition) is 4. The molecule has 0 bridgehead atoms. The van der Waals surface area contributed by atoms with Gasteiger partial charge in [0.2, 0.25) is 21.8 Å². The maximum absolute atomic E-state index is 12.0. The lowest BCUT2D eigenvalue weighted by Crippen LogP contribution is -2.25. The second kappa shape index (κ2) is 5.82. The molecule has 0 aliphatic carbocycles. The zero-order valence-corrected chi connectivity index (χ0v) is 12.6. The Kier molecular flexibility index (Phi) is 4.29. The third kappa shape index (κ3) is 3.40. The van der Waals surface area contributed by atoms with Gasteiger partial charge in [0, 0.05) is 18.7 Å². The molecule has 1 unspecified atom stereocenters. The molecule has 1 aliphatic heterocycles. The Morgan fingerprint density at radius 3 is 2.67 bits per heavy atom. The van der Waals surface area contributed by atoms with Crippen LogP contribution in [0.1, 0.15) is 12.0 Å². The third-order valence-corrected chi connectivity index (χ3v) is 4.92. The molecule has 1 atom stereocenters. The minimum Gasteiger partial charge on any atom is -0.355 e. The van der Waals surface area contributed by atoms with Gasteiger partial charge < -0.3 is 10.6 Å². The zero-order chi connectivity index (χ0) is 15.6. The Labute approximate surface area is 123 Å². The number of aryl methyl sites for hydroxylation is 1. The molecule has 2 rings (SSSR count). The summed E-state index contributed by atoms with van der Waals surface area (Å²) in [6.07, 6.45) is 0.152. The lowest BCUT2D eigenvalue weighted by molar-refractivity contribution is -0.123. The fraction of sp³-hybridized carbons (Fsp3) is 0.385. The van der Waals surface area contributed by atoms with Crippen LogP contribution in [0, 0.1) is 12.8 Å². The summed E-state index contributed by atoms with van der Waals surface area (Å²) in [6.45, 7) is 1.98. The summed E-state index contributed by atoms with van der Waals surface area (Å²) in [5, 5.41) is 5.23. The molecule has 7 nitrogen and oxygen atoms in total. The monoisotopic (exact) mass is 311 g/mol. The van der Waals surface area contributed by atoms with Crippen molar-refractivity contribution in [3.05, 3.63) is 23.8 Å². The molecule has 0 saturated carbocycles. The lowest BCUT2D eigenvalue weighted by atomic mass is 10.1. The average Bonchev–Trinajstić information content (AvgIpc) is 2.87. The Balaban J connectivity index is 2.20. The van der Waals surface area contributed by atoms with Gasteiger partial charge in [-0.25, -0.2) is 13.1 Å². The normalized spacial score (nSPS) is 18.4. The second-order valence-corrected chi connectivity index (χ2v) is 6.74. The van der Waals surface area contributed by atoms with Gasteiger partial charge in [-0.15, -0.1) is 0 Å². The van der Waals surface area contributed by atoms with E-state index in [9.17, 15) is 18.0 Å². The summed E-state index contributed by atoms with van der Waals surface area (Å²) in [5.74, 6) is -0.884. The van der Waals surface area contributed by atoms with Crippen LogP contribution in [-0.2, 0) is 19.6 Å². The van der Waals surface area contributed by atoms with E-state index < -0.39 is 15.9 Å². The molecule has 1 heterocycles. The molecular weight excluding hydrogens is 294 g/mol. The van der Waals surface area contributed by atoms with Crippen LogP contribution in [0.5, 0.6) is 0 Å². The maximum Gasteiger partial charge on any atom is 0.240 e. The standard InChI is InChI=1S/C13H17N3O4S/c1-8-3-4-10(6-11(8)21(19,20)14-2)16-13(18)9-5-12(17)15-7-9/h3-4,6,9,14H,5,7H2,1-2H3,(H,15,17)(H,16,18). The minimum absolute atomic E-state index is 0.114. The van der Waals surface area contributed by atoms with Crippen LogP contribution in [0.15, 0.2) is 23.1 Å². The van der Waals surface area contributed by atoms with Crippen LogP contribution in [-0.4, -0.2) is 33.8 Å². The number of sulfonamides is 1. The van der Waals surface area contributed by atoms with Crippen LogP contribution >= 0.6 is 0 Å². The first kappa shape index (κ1) is 15.5. The topological polar surface area (TPSA) is 104 Å². The van der Waals surface area contributed by atoms with Crippen molar-refractivity contribution < 1.29 is 18.0 Å². The van der Waals surface area contributed by atoms with Crippen molar-refractivity contribution in [1.29, 1.82) is 0 Å². The zero-order valence-electron chi connectivity index (χ0n) is 11.8. The van der Waals surface area contributed by atoms with Gasteiger partial charge in [-0.05, 0) is 31.7 Å². The van der Waals surface area contributed by atoms with E-state index in [1.54, 1.807) is 19.1 Å². The van der Waals surface area contributed by atoms with Crippen LogP contribution < -0.4 is 15.4 Å². The number of benzene rings is 1. The van der Waals surface area contributed by atoms with Gasteiger partial charge in [-0.1, -0.05) is 6.07 Å². The van der Waals surface area contributed by atoms with Crippen molar-refractivity contribution in [2.24, 2.45) is 5.92 Å².